The average Bonchev–Trinajstić information content (AvgIpc) is 2.87. The molecule has 0 spiro atoms. The number of carbonyl (C=O) groups is 1. The number of sulfone groups is 1. The molecule has 1 saturated carbocycles. The quantitative estimate of drug-likeness (QED) is 0.350. The van der Waals surface area contributed by atoms with E-state index in [0.717, 1.165) is 6.42 Å². The van der Waals surface area contributed by atoms with Gasteiger partial charge in [-0.15, -0.1) is 0 Å². The lowest BCUT2D eigenvalue weighted by atomic mass is 9.81. The van der Waals surface area contributed by atoms with Crippen LogP contribution in [0, 0.1) is 0 Å². The van der Waals surface area contributed by atoms with Gasteiger partial charge in [-0.05, 0) is 63.8 Å². The predicted octanol–water partition coefficient (Wildman–Crippen LogP) is 2.05. The number of urea groups is 1. The summed E-state index contributed by atoms with van der Waals surface area (Å²) in [5.74, 6) is 0.970. The summed E-state index contributed by atoms with van der Waals surface area (Å²) in [7, 11) is -3.56. The first-order valence-electron chi connectivity index (χ1n) is 13.0. The van der Waals surface area contributed by atoms with E-state index < -0.39 is 20.6 Å². The monoisotopic (exact) mass is 547 g/mol. The van der Waals surface area contributed by atoms with Crippen LogP contribution in [-0.2, 0) is 19.3 Å². The fourth-order valence-corrected chi connectivity index (χ4v) is 7.06. The highest BCUT2D eigenvalue weighted by Crippen LogP contribution is 2.49. The van der Waals surface area contributed by atoms with Crippen LogP contribution in [0.5, 0.6) is 0 Å². The van der Waals surface area contributed by atoms with Gasteiger partial charge in [0.2, 0.25) is 0 Å². The Bertz CT molecular complexity index is 1220. The maximum Gasteiger partial charge on any atom is 0.319 e. The minimum atomic E-state index is -3.56. The molecule has 0 radical (unpaired) electrons. The Morgan fingerprint density at radius 2 is 1.97 bits per heavy atom. The van der Waals surface area contributed by atoms with Crippen molar-refractivity contribution in [1.82, 2.24) is 15.3 Å². The van der Waals surface area contributed by atoms with Crippen LogP contribution in [-0.4, -0.2) is 85.4 Å². The number of hydrogen-bond donors (Lipinski definition) is 4. The molecule has 12 heteroatoms. The number of carbonyl (C=O) groups excluding carboxylic acids is 1. The van der Waals surface area contributed by atoms with Crippen molar-refractivity contribution >= 4 is 27.4 Å². The maximum atomic E-state index is 13.5. The molecule has 2 amide bonds. The molecule has 1 aromatic heterocycles. The Balaban J connectivity index is 1.70. The van der Waals surface area contributed by atoms with Gasteiger partial charge < -0.3 is 30.5 Å². The summed E-state index contributed by atoms with van der Waals surface area (Å²) in [4.78, 5) is 23.8. The van der Waals surface area contributed by atoms with Crippen LogP contribution in [0.15, 0.2) is 30.3 Å². The number of hydrogen-bond acceptors (Lipinski definition) is 9. The summed E-state index contributed by atoms with van der Waals surface area (Å²) in [5, 5.41) is 23.7. The fraction of sp³-hybridized carbons (Fsp3) is 0.577. The summed E-state index contributed by atoms with van der Waals surface area (Å²) in [5.41, 5.74) is 1.72. The number of nitrogens with one attached hydrogen (secondary N) is 2. The third kappa shape index (κ3) is 5.93. The Hall–Kier alpha value is -2.80. The lowest BCUT2D eigenvalue weighted by molar-refractivity contribution is 0.0985. The largest absolute Gasteiger partial charge is 0.396 e. The highest BCUT2D eigenvalue weighted by Gasteiger charge is 2.51. The van der Waals surface area contributed by atoms with Gasteiger partial charge in [-0.2, -0.15) is 0 Å². The number of rotatable bonds is 10. The summed E-state index contributed by atoms with van der Waals surface area (Å²) in [6.07, 6.45) is 1.95. The zero-order valence-corrected chi connectivity index (χ0v) is 22.7. The standard InChI is InChI=1S/C26H37N5O6S/c1-18(16-33)27-25(34)28-21-7-5-20(6-8-21)24-29-22(15-23(30-24)31-11-13-37-17-19(31)2)26(9-3-10-26)38(35,36)14-4-12-32/h5-8,15,18-19,32-33H,3-4,9-14,16-17H2,1-2H3,(H2,27,28,34)/t18-,19+/m1/s1. The Labute approximate surface area is 223 Å². The third-order valence-electron chi connectivity index (χ3n) is 7.22. The van der Waals surface area contributed by atoms with Crippen molar-refractivity contribution in [2.45, 2.75) is 56.4 Å². The van der Waals surface area contributed by atoms with E-state index in [9.17, 15) is 18.3 Å². The first-order valence-corrected chi connectivity index (χ1v) is 14.7. The highest BCUT2D eigenvalue weighted by molar-refractivity contribution is 7.92. The van der Waals surface area contributed by atoms with Crippen LogP contribution < -0.4 is 15.5 Å². The fourth-order valence-electron chi connectivity index (χ4n) is 4.83. The molecular formula is C26H37N5O6S. The van der Waals surface area contributed by atoms with E-state index in [0.29, 0.717) is 61.2 Å². The van der Waals surface area contributed by atoms with Gasteiger partial charge in [0, 0.05) is 30.5 Å². The number of ether oxygens (including phenoxy) is 1. The number of morpholine rings is 1. The summed E-state index contributed by atoms with van der Waals surface area (Å²) < 4.78 is 31.4. The first kappa shape index (κ1) is 28.2. The van der Waals surface area contributed by atoms with Crippen molar-refractivity contribution in [3.8, 4) is 11.4 Å². The molecule has 1 saturated heterocycles. The van der Waals surface area contributed by atoms with E-state index >= 15 is 0 Å². The average molecular weight is 548 g/mol. The number of aliphatic hydroxyl groups is 2. The van der Waals surface area contributed by atoms with Crippen molar-refractivity contribution in [3.63, 3.8) is 0 Å². The third-order valence-corrected chi connectivity index (χ3v) is 9.86. The molecule has 38 heavy (non-hydrogen) atoms. The summed E-state index contributed by atoms with van der Waals surface area (Å²) >= 11 is 0. The summed E-state index contributed by atoms with van der Waals surface area (Å²) in [6.45, 7) is 5.12. The SMILES string of the molecule is C[C@H](CO)NC(=O)Nc1ccc(-c2nc(N3CCOC[C@@H]3C)cc(C3(S(=O)(=O)CCCO)CCC3)n2)cc1. The van der Waals surface area contributed by atoms with E-state index in [4.69, 9.17) is 19.8 Å². The van der Waals surface area contributed by atoms with Crippen LogP contribution in [0.2, 0.25) is 0 Å². The normalized spacial score (nSPS) is 19.9. The lowest BCUT2D eigenvalue weighted by Gasteiger charge is -2.41. The Morgan fingerprint density at radius 1 is 1.24 bits per heavy atom. The van der Waals surface area contributed by atoms with Crippen molar-refractivity contribution < 1.29 is 28.2 Å². The molecule has 1 aromatic carbocycles. The molecule has 4 rings (SSSR count). The number of nitrogens with zero attached hydrogens (tertiary/aromatic N) is 3. The van der Waals surface area contributed by atoms with Crippen LogP contribution in [0.1, 0.15) is 45.2 Å². The number of anilines is 2. The Morgan fingerprint density at radius 3 is 2.58 bits per heavy atom. The highest BCUT2D eigenvalue weighted by atomic mass is 32.2. The van der Waals surface area contributed by atoms with Crippen molar-refractivity contribution in [3.05, 3.63) is 36.0 Å². The van der Waals surface area contributed by atoms with Gasteiger partial charge in [0.05, 0.1) is 43.4 Å². The molecule has 0 unspecified atom stereocenters. The van der Waals surface area contributed by atoms with Gasteiger partial charge >= 0.3 is 6.03 Å². The second-order valence-corrected chi connectivity index (χ2v) is 12.5. The minimum Gasteiger partial charge on any atom is -0.396 e. The van der Waals surface area contributed by atoms with Crippen LogP contribution in [0.3, 0.4) is 0 Å². The predicted molar refractivity (Wildman–Crippen MR) is 145 cm³/mol. The van der Waals surface area contributed by atoms with Gasteiger partial charge in [-0.3, -0.25) is 0 Å². The zero-order chi connectivity index (χ0) is 27.3. The summed E-state index contributed by atoms with van der Waals surface area (Å²) in [6, 6.07) is 8.08. The van der Waals surface area contributed by atoms with E-state index in [1.54, 1.807) is 31.2 Å². The van der Waals surface area contributed by atoms with Gasteiger partial charge in [0.15, 0.2) is 15.7 Å². The number of aromatic nitrogens is 2. The smallest absolute Gasteiger partial charge is 0.319 e. The first-order chi connectivity index (χ1) is 18.2. The molecule has 2 aliphatic rings. The molecule has 2 heterocycles. The molecule has 2 fully saturated rings. The number of amides is 2. The van der Waals surface area contributed by atoms with E-state index in [2.05, 4.69) is 15.5 Å². The molecule has 2 aromatic rings. The van der Waals surface area contributed by atoms with E-state index in [1.807, 2.05) is 13.0 Å². The Kier molecular flexibility index (Phi) is 8.86. The van der Waals surface area contributed by atoms with Crippen LogP contribution in [0.4, 0.5) is 16.3 Å². The molecular weight excluding hydrogens is 510 g/mol. The zero-order valence-electron chi connectivity index (χ0n) is 21.9. The molecule has 1 aliphatic carbocycles. The molecule has 4 N–H and O–H groups in total. The van der Waals surface area contributed by atoms with Gasteiger partial charge in [-0.25, -0.2) is 23.2 Å². The maximum absolute atomic E-state index is 13.5. The van der Waals surface area contributed by atoms with Crippen molar-refractivity contribution in [1.29, 1.82) is 0 Å². The van der Waals surface area contributed by atoms with Crippen LogP contribution >= 0.6 is 0 Å². The van der Waals surface area contributed by atoms with Gasteiger partial charge in [0.25, 0.3) is 0 Å². The molecule has 11 nitrogen and oxygen atoms in total. The minimum absolute atomic E-state index is 0.0640. The molecule has 0 bridgehead atoms. The van der Waals surface area contributed by atoms with Crippen molar-refractivity contribution in [2.24, 2.45) is 0 Å². The topological polar surface area (TPSA) is 154 Å². The van der Waals surface area contributed by atoms with E-state index in [-0.39, 0.29) is 37.5 Å². The molecule has 1 aliphatic heterocycles. The molecule has 208 valence electrons. The van der Waals surface area contributed by atoms with E-state index in [1.165, 1.54) is 0 Å². The second kappa shape index (κ2) is 11.9. The number of benzene rings is 1. The van der Waals surface area contributed by atoms with Gasteiger partial charge in [-0.1, -0.05) is 0 Å². The van der Waals surface area contributed by atoms with Crippen molar-refractivity contribution in [2.75, 3.05) is 48.9 Å². The molecule has 2 atom stereocenters. The second-order valence-electron chi connectivity index (χ2n) is 10.1. The van der Waals surface area contributed by atoms with Crippen LogP contribution in [0.25, 0.3) is 11.4 Å². The lowest BCUT2D eigenvalue weighted by Crippen LogP contribution is -2.46. The number of aliphatic hydroxyl groups excluding tert-OH is 2. The van der Waals surface area contributed by atoms with Gasteiger partial charge in [0.1, 0.15) is 10.6 Å².